The van der Waals surface area contributed by atoms with Crippen LogP contribution in [-0.2, 0) is 11.3 Å². The van der Waals surface area contributed by atoms with Gasteiger partial charge >= 0.3 is 0 Å². The Kier molecular flexibility index (Phi) is 7.29. The lowest BCUT2D eigenvalue weighted by Crippen LogP contribution is -2.22. The third-order valence-corrected chi connectivity index (χ3v) is 3.81. The summed E-state index contributed by atoms with van der Waals surface area (Å²) in [5, 5.41) is 7.39. The van der Waals surface area contributed by atoms with Crippen molar-refractivity contribution in [3.8, 4) is 11.4 Å². The molecule has 0 radical (unpaired) electrons. The average molecular weight is 330 g/mol. The summed E-state index contributed by atoms with van der Waals surface area (Å²) in [6, 6.07) is 9.57. The van der Waals surface area contributed by atoms with Gasteiger partial charge in [0.2, 0.25) is 5.91 Å². The van der Waals surface area contributed by atoms with E-state index in [1.54, 1.807) is 11.8 Å². The molecule has 130 valence electrons. The molecule has 2 rings (SSSR count). The van der Waals surface area contributed by atoms with E-state index < -0.39 is 0 Å². The van der Waals surface area contributed by atoms with Crippen molar-refractivity contribution in [3.05, 3.63) is 42.2 Å². The highest BCUT2D eigenvalue weighted by atomic mass is 16.5. The summed E-state index contributed by atoms with van der Waals surface area (Å²) in [5.41, 5.74) is 7.23. The van der Waals surface area contributed by atoms with Crippen LogP contribution in [0.25, 0.3) is 5.69 Å². The fourth-order valence-corrected chi connectivity index (χ4v) is 2.40. The molecule has 1 aromatic heterocycles. The van der Waals surface area contributed by atoms with Crippen LogP contribution in [0.15, 0.2) is 36.5 Å². The lowest BCUT2D eigenvalue weighted by Gasteiger charge is -2.04. The molecule has 2 aromatic rings. The predicted octanol–water partition coefficient (Wildman–Crippen LogP) is 2.41. The third kappa shape index (κ3) is 5.70. The van der Waals surface area contributed by atoms with Crippen molar-refractivity contribution in [3.63, 3.8) is 0 Å². The lowest BCUT2D eigenvalue weighted by atomic mass is 10.1. The molecule has 6 heteroatoms. The van der Waals surface area contributed by atoms with E-state index in [2.05, 4.69) is 10.4 Å². The molecule has 1 aromatic carbocycles. The number of hydrogen-bond acceptors (Lipinski definition) is 4. The van der Waals surface area contributed by atoms with Crippen LogP contribution in [0.4, 0.5) is 0 Å². The Morgan fingerprint density at radius 2 is 1.92 bits per heavy atom. The van der Waals surface area contributed by atoms with E-state index in [1.165, 1.54) is 0 Å². The second-order valence-corrected chi connectivity index (χ2v) is 5.68. The Balaban J connectivity index is 1.75. The number of ether oxygens (including phenoxy) is 1. The number of amides is 1. The van der Waals surface area contributed by atoms with Crippen molar-refractivity contribution in [1.29, 1.82) is 0 Å². The van der Waals surface area contributed by atoms with E-state index in [1.807, 2.05) is 36.5 Å². The number of carbonyl (C=O) groups excluding carboxylic acids is 1. The van der Waals surface area contributed by atoms with Crippen LogP contribution in [0.5, 0.6) is 5.75 Å². The number of nitrogens with one attached hydrogen (secondary N) is 1. The fraction of sp³-hybridized carbons (Fsp3) is 0.444. The number of rotatable bonds is 10. The standard InChI is InChI=1S/C18H26N4O2/c1-24-17-9-7-16(8-10-17)22-13-11-15(21-22)14-20-18(23)6-4-2-3-5-12-19/h7-11,13H,2-6,12,14,19H2,1H3,(H,20,23). The molecule has 0 fully saturated rings. The molecular weight excluding hydrogens is 304 g/mol. The molecule has 3 N–H and O–H groups in total. The smallest absolute Gasteiger partial charge is 0.220 e. The van der Waals surface area contributed by atoms with Crippen molar-refractivity contribution in [1.82, 2.24) is 15.1 Å². The average Bonchev–Trinajstić information content (AvgIpc) is 3.09. The molecule has 0 aliphatic heterocycles. The molecular formula is C18H26N4O2. The van der Waals surface area contributed by atoms with Gasteiger partial charge in [0.05, 0.1) is 25.0 Å². The predicted molar refractivity (Wildman–Crippen MR) is 94.1 cm³/mol. The van der Waals surface area contributed by atoms with E-state index >= 15 is 0 Å². The zero-order valence-corrected chi connectivity index (χ0v) is 14.2. The number of aromatic nitrogens is 2. The molecule has 0 saturated carbocycles. The van der Waals surface area contributed by atoms with Gasteiger partial charge in [0.1, 0.15) is 5.75 Å². The number of carbonyl (C=O) groups is 1. The van der Waals surface area contributed by atoms with Gasteiger partial charge in [-0.05, 0) is 49.7 Å². The van der Waals surface area contributed by atoms with E-state index in [-0.39, 0.29) is 5.91 Å². The number of methoxy groups -OCH3 is 1. The summed E-state index contributed by atoms with van der Waals surface area (Å²) >= 11 is 0. The maximum Gasteiger partial charge on any atom is 0.220 e. The number of nitrogens with zero attached hydrogens (tertiary/aromatic N) is 2. The van der Waals surface area contributed by atoms with Crippen LogP contribution in [-0.4, -0.2) is 29.3 Å². The molecule has 6 nitrogen and oxygen atoms in total. The number of unbranched alkanes of at least 4 members (excludes halogenated alkanes) is 3. The van der Waals surface area contributed by atoms with Crippen molar-refractivity contribution in [2.24, 2.45) is 5.73 Å². The van der Waals surface area contributed by atoms with Crippen LogP contribution < -0.4 is 15.8 Å². The van der Waals surface area contributed by atoms with Gasteiger partial charge in [0, 0.05) is 12.6 Å². The Morgan fingerprint density at radius 3 is 2.62 bits per heavy atom. The molecule has 24 heavy (non-hydrogen) atoms. The Bertz CT molecular complexity index is 622. The second-order valence-electron chi connectivity index (χ2n) is 5.68. The first-order valence-corrected chi connectivity index (χ1v) is 8.38. The number of hydrogen-bond donors (Lipinski definition) is 2. The van der Waals surface area contributed by atoms with Gasteiger partial charge in [-0.1, -0.05) is 12.8 Å². The largest absolute Gasteiger partial charge is 0.497 e. The summed E-state index contributed by atoms with van der Waals surface area (Å²) in [7, 11) is 1.64. The van der Waals surface area contributed by atoms with E-state index in [0.717, 1.165) is 49.4 Å². The zero-order valence-electron chi connectivity index (χ0n) is 14.2. The van der Waals surface area contributed by atoms with Gasteiger partial charge < -0.3 is 15.8 Å². The summed E-state index contributed by atoms with van der Waals surface area (Å²) < 4.78 is 6.93. The topological polar surface area (TPSA) is 82.2 Å². The normalized spacial score (nSPS) is 10.6. The molecule has 0 bridgehead atoms. The first kappa shape index (κ1) is 18.0. The minimum absolute atomic E-state index is 0.0711. The Morgan fingerprint density at radius 1 is 1.17 bits per heavy atom. The van der Waals surface area contributed by atoms with E-state index in [9.17, 15) is 4.79 Å². The summed E-state index contributed by atoms with van der Waals surface area (Å²) in [6.07, 6.45) is 6.53. The zero-order chi connectivity index (χ0) is 17.2. The molecule has 0 spiro atoms. The molecule has 1 amide bonds. The maximum atomic E-state index is 11.8. The van der Waals surface area contributed by atoms with Crippen LogP contribution in [0.3, 0.4) is 0 Å². The van der Waals surface area contributed by atoms with Crippen LogP contribution in [0, 0.1) is 0 Å². The van der Waals surface area contributed by atoms with E-state index in [0.29, 0.717) is 13.0 Å². The highest BCUT2D eigenvalue weighted by Gasteiger charge is 2.05. The highest BCUT2D eigenvalue weighted by Crippen LogP contribution is 2.14. The van der Waals surface area contributed by atoms with Crippen LogP contribution >= 0.6 is 0 Å². The van der Waals surface area contributed by atoms with Gasteiger partial charge in [0.15, 0.2) is 0 Å². The Labute approximate surface area is 143 Å². The first-order valence-electron chi connectivity index (χ1n) is 8.38. The second kappa shape index (κ2) is 9.72. The van der Waals surface area contributed by atoms with Gasteiger partial charge in [-0.25, -0.2) is 4.68 Å². The quantitative estimate of drug-likeness (QED) is 0.655. The monoisotopic (exact) mass is 330 g/mol. The SMILES string of the molecule is COc1ccc(-n2ccc(CNC(=O)CCCCCCN)n2)cc1. The lowest BCUT2D eigenvalue weighted by molar-refractivity contribution is -0.121. The minimum Gasteiger partial charge on any atom is -0.497 e. The molecule has 0 aliphatic rings. The molecule has 0 saturated heterocycles. The molecule has 0 atom stereocenters. The first-order chi connectivity index (χ1) is 11.7. The molecule has 1 heterocycles. The fourth-order valence-electron chi connectivity index (χ4n) is 2.40. The van der Waals surface area contributed by atoms with Gasteiger partial charge in [-0.3, -0.25) is 4.79 Å². The molecule has 0 unspecified atom stereocenters. The van der Waals surface area contributed by atoms with Gasteiger partial charge in [-0.15, -0.1) is 0 Å². The van der Waals surface area contributed by atoms with Crippen molar-refractivity contribution < 1.29 is 9.53 Å². The van der Waals surface area contributed by atoms with Gasteiger partial charge in [0.25, 0.3) is 0 Å². The van der Waals surface area contributed by atoms with Crippen molar-refractivity contribution in [2.45, 2.75) is 38.6 Å². The summed E-state index contributed by atoms with van der Waals surface area (Å²) in [6.45, 7) is 1.17. The van der Waals surface area contributed by atoms with Crippen molar-refractivity contribution in [2.75, 3.05) is 13.7 Å². The number of nitrogens with two attached hydrogens (primary N) is 1. The third-order valence-electron chi connectivity index (χ3n) is 3.81. The Hall–Kier alpha value is -2.34. The van der Waals surface area contributed by atoms with Crippen LogP contribution in [0.2, 0.25) is 0 Å². The highest BCUT2D eigenvalue weighted by molar-refractivity contribution is 5.75. The van der Waals surface area contributed by atoms with Crippen molar-refractivity contribution >= 4 is 5.91 Å². The number of benzene rings is 1. The summed E-state index contributed by atoms with van der Waals surface area (Å²) in [5.74, 6) is 0.881. The van der Waals surface area contributed by atoms with Gasteiger partial charge in [-0.2, -0.15) is 5.10 Å². The van der Waals surface area contributed by atoms with E-state index in [4.69, 9.17) is 10.5 Å². The maximum absolute atomic E-state index is 11.8. The minimum atomic E-state index is 0.0711. The summed E-state index contributed by atoms with van der Waals surface area (Å²) in [4.78, 5) is 11.8. The molecule has 0 aliphatic carbocycles. The van der Waals surface area contributed by atoms with Crippen LogP contribution in [0.1, 0.15) is 37.8 Å².